The fraction of sp³-hybridized carbons (Fsp3) is 0.167. The fourth-order valence-corrected chi connectivity index (χ4v) is 2.67. The molecule has 1 N–H and O–H groups in total. The first-order valence-electron chi connectivity index (χ1n) is 7.07. The number of rotatable bonds is 3. The van der Waals surface area contributed by atoms with Crippen molar-refractivity contribution in [3.63, 3.8) is 0 Å². The zero-order valence-electron chi connectivity index (χ0n) is 12.4. The highest BCUT2D eigenvalue weighted by atomic mass is 35.5. The number of aryl methyl sites for hydroxylation is 2. The number of hydrogen-bond donors (Lipinski definition) is 1. The van der Waals surface area contributed by atoms with E-state index in [-0.39, 0.29) is 5.91 Å². The lowest BCUT2D eigenvalue weighted by atomic mass is 10.1. The van der Waals surface area contributed by atoms with E-state index < -0.39 is 0 Å². The van der Waals surface area contributed by atoms with Crippen molar-refractivity contribution in [2.75, 3.05) is 0 Å². The Morgan fingerprint density at radius 1 is 1.18 bits per heavy atom. The van der Waals surface area contributed by atoms with Gasteiger partial charge in [-0.15, -0.1) is 0 Å². The van der Waals surface area contributed by atoms with Crippen molar-refractivity contribution in [1.82, 2.24) is 5.32 Å². The van der Waals surface area contributed by atoms with Crippen LogP contribution >= 0.6 is 11.6 Å². The third-order valence-corrected chi connectivity index (χ3v) is 3.88. The molecule has 112 valence electrons. The van der Waals surface area contributed by atoms with Crippen LogP contribution in [0.4, 0.5) is 0 Å². The maximum Gasteiger partial charge on any atom is 0.287 e. The van der Waals surface area contributed by atoms with Gasteiger partial charge in [0.1, 0.15) is 5.58 Å². The fourth-order valence-electron chi connectivity index (χ4n) is 2.46. The van der Waals surface area contributed by atoms with Crippen LogP contribution < -0.4 is 5.32 Å². The molecule has 0 aliphatic rings. The Hall–Kier alpha value is -2.26. The van der Waals surface area contributed by atoms with E-state index in [0.717, 1.165) is 27.7 Å². The number of halogens is 1. The molecule has 1 amide bonds. The number of carbonyl (C=O) groups excluding carboxylic acids is 1. The summed E-state index contributed by atoms with van der Waals surface area (Å²) in [7, 11) is 0. The van der Waals surface area contributed by atoms with Crippen LogP contribution in [0.2, 0.25) is 5.02 Å². The van der Waals surface area contributed by atoms with E-state index >= 15 is 0 Å². The largest absolute Gasteiger partial charge is 0.451 e. The molecule has 0 saturated heterocycles. The predicted octanol–water partition coefficient (Wildman–Crippen LogP) is 4.63. The second-order valence-corrected chi connectivity index (χ2v) is 5.80. The third kappa shape index (κ3) is 2.85. The summed E-state index contributed by atoms with van der Waals surface area (Å²) < 4.78 is 5.69. The second-order valence-electron chi connectivity index (χ2n) is 5.37. The summed E-state index contributed by atoms with van der Waals surface area (Å²) in [5, 5.41) is 4.50. The predicted molar refractivity (Wildman–Crippen MR) is 88.3 cm³/mol. The van der Waals surface area contributed by atoms with E-state index in [4.69, 9.17) is 16.0 Å². The number of hydrogen-bond acceptors (Lipinski definition) is 2. The monoisotopic (exact) mass is 313 g/mol. The number of nitrogens with one attached hydrogen (secondary N) is 1. The Morgan fingerprint density at radius 3 is 2.77 bits per heavy atom. The van der Waals surface area contributed by atoms with Crippen LogP contribution in [-0.2, 0) is 6.54 Å². The van der Waals surface area contributed by atoms with Crippen molar-refractivity contribution in [3.8, 4) is 0 Å². The molecule has 3 aromatic rings. The van der Waals surface area contributed by atoms with Gasteiger partial charge < -0.3 is 9.73 Å². The summed E-state index contributed by atoms with van der Waals surface area (Å²) in [6, 6.07) is 13.3. The van der Waals surface area contributed by atoms with Gasteiger partial charge >= 0.3 is 0 Å². The van der Waals surface area contributed by atoms with Gasteiger partial charge in [-0.3, -0.25) is 4.79 Å². The van der Waals surface area contributed by atoms with Crippen molar-refractivity contribution in [3.05, 3.63) is 69.9 Å². The van der Waals surface area contributed by atoms with Gasteiger partial charge in [0.15, 0.2) is 5.76 Å². The summed E-state index contributed by atoms with van der Waals surface area (Å²) >= 11 is 5.94. The van der Waals surface area contributed by atoms with E-state index in [2.05, 4.69) is 5.32 Å². The molecule has 1 aromatic heterocycles. The highest BCUT2D eigenvalue weighted by molar-refractivity contribution is 6.30. The molecule has 0 spiro atoms. The topological polar surface area (TPSA) is 42.2 Å². The van der Waals surface area contributed by atoms with Gasteiger partial charge in [-0.1, -0.05) is 35.4 Å². The van der Waals surface area contributed by atoms with E-state index in [1.54, 1.807) is 6.07 Å². The van der Waals surface area contributed by atoms with Crippen LogP contribution in [0.3, 0.4) is 0 Å². The minimum atomic E-state index is -0.216. The summed E-state index contributed by atoms with van der Waals surface area (Å²) in [6.07, 6.45) is 0. The molecule has 0 fully saturated rings. The van der Waals surface area contributed by atoms with Crippen molar-refractivity contribution < 1.29 is 9.21 Å². The molecule has 0 bridgehead atoms. The molecule has 4 heteroatoms. The average Bonchev–Trinajstić information content (AvgIpc) is 2.82. The molecule has 0 aliphatic carbocycles. The van der Waals surface area contributed by atoms with E-state index in [0.29, 0.717) is 17.3 Å². The van der Waals surface area contributed by atoms with Gasteiger partial charge in [0.05, 0.1) is 0 Å². The van der Waals surface area contributed by atoms with Crippen LogP contribution in [0.25, 0.3) is 11.0 Å². The van der Waals surface area contributed by atoms with Crippen molar-refractivity contribution in [2.45, 2.75) is 20.4 Å². The number of fused-ring (bicyclic) bond motifs is 1. The smallest absolute Gasteiger partial charge is 0.287 e. The number of benzene rings is 2. The summed E-state index contributed by atoms with van der Waals surface area (Å²) in [5.41, 5.74) is 3.69. The van der Waals surface area contributed by atoms with Crippen molar-refractivity contribution >= 4 is 28.5 Å². The zero-order chi connectivity index (χ0) is 15.7. The molecule has 0 saturated carbocycles. The maximum absolute atomic E-state index is 12.3. The molecular weight excluding hydrogens is 298 g/mol. The number of furan rings is 1. The first-order valence-corrected chi connectivity index (χ1v) is 7.45. The van der Waals surface area contributed by atoms with Gasteiger partial charge in [0, 0.05) is 22.5 Å². The van der Waals surface area contributed by atoms with Crippen molar-refractivity contribution in [2.24, 2.45) is 0 Å². The van der Waals surface area contributed by atoms with E-state index in [1.165, 1.54) is 0 Å². The van der Waals surface area contributed by atoms with Gasteiger partial charge in [0.25, 0.3) is 5.91 Å². The highest BCUT2D eigenvalue weighted by Gasteiger charge is 2.17. The normalized spacial score (nSPS) is 10.9. The van der Waals surface area contributed by atoms with Gasteiger partial charge in [0.2, 0.25) is 0 Å². The van der Waals surface area contributed by atoms with Gasteiger partial charge in [-0.25, -0.2) is 0 Å². The number of amides is 1. The third-order valence-electron chi connectivity index (χ3n) is 3.64. The minimum Gasteiger partial charge on any atom is -0.451 e. The lowest BCUT2D eigenvalue weighted by Crippen LogP contribution is -2.22. The molecule has 3 rings (SSSR count). The molecular formula is C18H16ClNO2. The maximum atomic E-state index is 12.3. The molecule has 0 radical (unpaired) electrons. The summed E-state index contributed by atoms with van der Waals surface area (Å²) in [4.78, 5) is 12.3. The lowest BCUT2D eigenvalue weighted by Gasteiger charge is -2.04. The average molecular weight is 314 g/mol. The Labute approximate surface area is 133 Å². The Balaban J connectivity index is 1.82. The first kappa shape index (κ1) is 14.7. The van der Waals surface area contributed by atoms with Gasteiger partial charge in [-0.2, -0.15) is 0 Å². The Morgan fingerprint density at radius 2 is 2.00 bits per heavy atom. The summed E-state index contributed by atoms with van der Waals surface area (Å²) in [5.74, 6) is 0.147. The molecule has 0 unspecified atom stereocenters. The van der Waals surface area contributed by atoms with Crippen LogP contribution in [0.5, 0.6) is 0 Å². The van der Waals surface area contributed by atoms with Gasteiger partial charge in [-0.05, 0) is 43.7 Å². The minimum absolute atomic E-state index is 0.216. The van der Waals surface area contributed by atoms with Crippen LogP contribution in [0, 0.1) is 13.8 Å². The van der Waals surface area contributed by atoms with E-state index in [9.17, 15) is 4.79 Å². The summed E-state index contributed by atoms with van der Waals surface area (Å²) in [6.45, 7) is 4.33. The first-order chi connectivity index (χ1) is 10.5. The molecule has 3 nitrogen and oxygen atoms in total. The Kier molecular flexibility index (Phi) is 3.90. The SMILES string of the molecule is Cc1ccc2oc(C(=O)NCc3cccc(Cl)c3)c(C)c2c1. The van der Waals surface area contributed by atoms with Crippen LogP contribution in [0.15, 0.2) is 46.9 Å². The molecule has 0 atom stereocenters. The standard InChI is InChI=1S/C18H16ClNO2/c1-11-6-7-16-15(8-11)12(2)17(22-16)18(21)20-10-13-4-3-5-14(19)9-13/h3-9H,10H2,1-2H3,(H,20,21). The van der Waals surface area contributed by atoms with Crippen LogP contribution in [0.1, 0.15) is 27.2 Å². The quantitative estimate of drug-likeness (QED) is 0.765. The molecule has 22 heavy (non-hydrogen) atoms. The molecule has 0 aliphatic heterocycles. The highest BCUT2D eigenvalue weighted by Crippen LogP contribution is 2.26. The molecule has 1 heterocycles. The zero-order valence-corrected chi connectivity index (χ0v) is 13.2. The number of carbonyl (C=O) groups is 1. The van der Waals surface area contributed by atoms with Crippen molar-refractivity contribution in [1.29, 1.82) is 0 Å². The lowest BCUT2D eigenvalue weighted by molar-refractivity contribution is 0.0924. The Bertz CT molecular complexity index is 851. The second kappa shape index (κ2) is 5.85. The molecule has 2 aromatic carbocycles. The van der Waals surface area contributed by atoms with E-state index in [1.807, 2.05) is 50.2 Å². The van der Waals surface area contributed by atoms with Crippen LogP contribution in [-0.4, -0.2) is 5.91 Å².